The van der Waals surface area contributed by atoms with Gasteiger partial charge in [-0.2, -0.15) is 0 Å². The number of aliphatic hydroxyl groups is 1. The highest BCUT2D eigenvalue weighted by atomic mass is 16.5. The predicted octanol–water partition coefficient (Wildman–Crippen LogP) is 0.836. The minimum Gasteiger partial charge on any atom is -0.490 e. The average Bonchev–Trinajstić information content (AvgIpc) is 2.53. The highest BCUT2D eigenvalue weighted by molar-refractivity contribution is 5.72. The molecule has 0 saturated heterocycles. The summed E-state index contributed by atoms with van der Waals surface area (Å²) in [6, 6.07) is 5.19. The van der Waals surface area contributed by atoms with Crippen molar-refractivity contribution in [1.29, 1.82) is 0 Å². The number of aliphatic hydroxyl groups excluding tert-OH is 1. The van der Waals surface area contributed by atoms with Gasteiger partial charge in [-0.1, -0.05) is 6.07 Å². The first-order valence-corrected chi connectivity index (χ1v) is 5.46. The number of fused-ring (bicyclic) bond motifs is 1. The molecule has 0 fully saturated rings. The Morgan fingerprint density at radius 2 is 2.00 bits per heavy atom. The van der Waals surface area contributed by atoms with E-state index < -0.39 is 12.1 Å². The van der Waals surface area contributed by atoms with Crippen LogP contribution in [0.1, 0.15) is 12.0 Å². The second-order valence-electron chi connectivity index (χ2n) is 3.89. The monoisotopic (exact) mass is 238 g/mol. The van der Waals surface area contributed by atoms with Crippen LogP contribution in [0.3, 0.4) is 0 Å². The lowest BCUT2D eigenvalue weighted by Crippen LogP contribution is -2.21. The van der Waals surface area contributed by atoms with Gasteiger partial charge in [0.1, 0.15) is 0 Å². The second-order valence-corrected chi connectivity index (χ2v) is 3.89. The molecule has 0 saturated carbocycles. The maximum absolute atomic E-state index is 10.5. The van der Waals surface area contributed by atoms with Crippen LogP contribution in [0.2, 0.25) is 0 Å². The van der Waals surface area contributed by atoms with Crippen LogP contribution >= 0.6 is 0 Å². The van der Waals surface area contributed by atoms with Gasteiger partial charge in [-0.25, -0.2) is 4.79 Å². The molecule has 0 bridgehead atoms. The summed E-state index contributed by atoms with van der Waals surface area (Å²) in [4.78, 5) is 10.5. The van der Waals surface area contributed by atoms with Crippen molar-refractivity contribution in [2.75, 3.05) is 13.2 Å². The van der Waals surface area contributed by atoms with Crippen LogP contribution in [-0.4, -0.2) is 35.5 Å². The number of carbonyl (C=O) groups is 1. The molecular formula is C12H14O5. The van der Waals surface area contributed by atoms with Gasteiger partial charge in [-0.15, -0.1) is 0 Å². The molecule has 0 spiro atoms. The molecule has 17 heavy (non-hydrogen) atoms. The highest BCUT2D eigenvalue weighted by Crippen LogP contribution is 2.30. The molecule has 5 heteroatoms. The fourth-order valence-electron chi connectivity index (χ4n) is 1.65. The Kier molecular flexibility index (Phi) is 3.49. The fraction of sp³-hybridized carbons (Fsp3) is 0.417. The third-order valence-corrected chi connectivity index (χ3v) is 2.53. The van der Waals surface area contributed by atoms with Crippen LogP contribution < -0.4 is 9.47 Å². The van der Waals surface area contributed by atoms with Gasteiger partial charge >= 0.3 is 5.97 Å². The zero-order chi connectivity index (χ0) is 12.3. The van der Waals surface area contributed by atoms with Crippen LogP contribution in [0.5, 0.6) is 11.5 Å². The molecule has 1 aliphatic rings. The molecule has 1 atom stereocenters. The number of benzene rings is 1. The fourth-order valence-corrected chi connectivity index (χ4v) is 1.65. The molecule has 5 nitrogen and oxygen atoms in total. The third-order valence-electron chi connectivity index (χ3n) is 2.53. The topological polar surface area (TPSA) is 76.0 Å². The van der Waals surface area contributed by atoms with Crippen molar-refractivity contribution in [2.45, 2.75) is 18.9 Å². The lowest BCUT2D eigenvalue weighted by atomic mass is 10.1. The zero-order valence-corrected chi connectivity index (χ0v) is 9.26. The maximum Gasteiger partial charge on any atom is 0.332 e. The normalized spacial score (nSPS) is 16.1. The Bertz CT molecular complexity index is 415. The molecule has 0 radical (unpaired) electrons. The Labute approximate surface area is 98.6 Å². The van der Waals surface area contributed by atoms with Crippen molar-refractivity contribution in [3.8, 4) is 11.5 Å². The van der Waals surface area contributed by atoms with Crippen LogP contribution in [0.15, 0.2) is 18.2 Å². The molecule has 0 amide bonds. The molecule has 1 heterocycles. The summed E-state index contributed by atoms with van der Waals surface area (Å²) in [5, 5.41) is 17.9. The van der Waals surface area contributed by atoms with Crippen LogP contribution in [0.4, 0.5) is 0 Å². The Balaban J connectivity index is 2.15. The van der Waals surface area contributed by atoms with E-state index in [2.05, 4.69) is 0 Å². The second kappa shape index (κ2) is 5.05. The zero-order valence-electron chi connectivity index (χ0n) is 9.26. The number of hydrogen-bond acceptors (Lipinski definition) is 4. The van der Waals surface area contributed by atoms with Gasteiger partial charge in [0.25, 0.3) is 0 Å². The average molecular weight is 238 g/mol. The smallest absolute Gasteiger partial charge is 0.332 e. The number of rotatable bonds is 3. The minimum absolute atomic E-state index is 0.0615. The summed E-state index contributed by atoms with van der Waals surface area (Å²) < 4.78 is 10.9. The van der Waals surface area contributed by atoms with Crippen molar-refractivity contribution >= 4 is 5.97 Å². The van der Waals surface area contributed by atoms with Crippen molar-refractivity contribution in [2.24, 2.45) is 0 Å². The first kappa shape index (κ1) is 11.7. The Hall–Kier alpha value is -1.75. The number of aliphatic carboxylic acids is 1. The van der Waals surface area contributed by atoms with E-state index in [0.717, 1.165) is 6.42 Å². The Morgan fingerprint density at radius 1 is 1.29 bits per heavy atom. The number of carboxylic acids is 1. The molecule has 92 valence electrons. The van der Waals surface area contributed by atoms with E-state index in [1.165, 1.54) is 0 Å². The van der Waals surface area contributed by atoms with E-state index in [9.17, 15) is 9.90 Å². The van der Waals surface area contributed by atoms with Gasteiger partial charge < -0.3 is 19.7 Å². The van der Waals surface area contributed by atoms with E-state index in [0.29, 0.717) is 30.3 Å². The van der Waals surface area contributed by atoms with E-state index in [1.807, 2.05) is 0 Å². The van der Waals surface area contributed by atoms with E-state index in [4.69, 9.17) is 14.6 Å². The van der Waals surface area contributed by atoms with Crippen molar-refractivity contribution in [3.63, 3.8) is 0 Å². The van der Waals surface area contributed by atoms with Crippen LogP contribution in [0.25, 0.3) is 0 Å². The molecule has 1 aliphatic heterocycles. The summed E-state index contributed by atoms with van der Waals surface area (Å²) in [6.07, 6.45) is -0.506. The first-order chi connectivity index (χ1) is 8.16. The van der Waals surface area contributed by atoms with Gasteiger partial charge in [0.05, 0.1) is 13.2 Å². The number of ether oxygens (including phenoxy) is 2. The quantitative estimate of drug-likeness (QED) is 0.816. The van der Waals surface area contributed by atoms with E-state index >= 15 is 0 Å². The highest BCUT2D eigenvalue weighted by Gasteiger charge is 2.16. The lowest BCUT2D eigenvalue weighted by Gasteiger charge is -2.10. The van der Waals surface area contributed by atoms with Gasteiger partial charge in [0, 0.05) is 12.8 Å². The SMILES string of the molecule is O=C(O)C(O)Cc1ccc2c(c1)OCCCO2. The Morgan fingerprint density at radius 3 is 2.71 bits per heavy atom. The summed E-state index contributed by atoms with van der Waals surface area (Å²) in [5.41, 5.74) is 0.712. The molecule has 1 unspecified atom stereocenters. The maximum atomic E-state index is 10.5. The van der Waals surface area contributed by atoms with Crippen molar-refractivity contribution in [1.82, 2.24) is 0 Å². The molecule has 1 aromatic carbocycles. The molecule has 0 aromatic heterocycles. The number of hydrogen-bond donors (Lipinski definition) is 2. The van der Waals surface area contributed by atoms with Gasteiger partial charge in [-0.05, 0) is 17.7 Å². The molecule has 2 N–H and O–H groups in total. The van der Waals surface area contributed by atoms with E-state index in [-0.39, 0.29) is 6.42 Å². The standard InChI is InChI=1S/C12H14O5/c13-9(12(14)15)6-8-2-3-10-11(7-8)17-5-1-4-16-10/h2-3,7,9,13H,1,4-6H2,(H,14,15). The van der Waals surface area contributed by atoms with Gasteiger partial charge in [0.15, 0.2) is 17.6 Å². The van der Waals surface area contributed by atoms with Crippen molar-refractivity contribution < 1.29 is 24.5 Å². The lowest BCUT2D eigenvalue weighted by molar-refractivity contribution is -0.146. The summed E-state index contributed by atoms with van der Waals surface area (Å²) in [7, 11) is 0. The van der Waals surface area contributed by atoms with Crippen LogP contribution in [-0.2, 0) is 11.2 Å². The minimum atomic E-state index is -1.39. The largest absolute Gasteiger partial charge is 0.490 e. The summed E-state index contributed by atoms with van der Waals surface area (Å²) >= 11 is 0. The predicted molar refractivity (Wildman–Crippen MR) is 59.4 cm³/mol. The first-order valence-electron chi connectivity index (χ1n) is 5.46. The summed E-state index contributed by atoms with van der Waals surface area (Å²) in [5.74, 6) is 0.0470. The molecular weight excluding hydrogens is 224 g/mol. The van der Waals surface area contributed by atoms with Crippen molar-refractivity contribution in [3.05, 3.63) is 23.8 Å². The summed E-state index contributed by atoms with van der Waals surface area (Å²) in [6.45, 7) is 1.20. The molecule has 0 aliphatic carbocycles. The third kappa shape index (κ3) is 2.88. The number of carboxylic acid groups (broad SMARTS) is 1. The molecule has 2 rings (SSSR count). The van der Waals surface area contributed by atoms with Gasteiger partial charge in [-0.3, -0.25) is 0 Å². The van der Waals surface area contributed by atoms with Crippen LogP contribution in [0, 0.1) is 0 Å². The molecule has 1 aromatic rings. The van der Waals surface area contributed by atoms with E-state index in [1.54, 1.807) is 18.2 Å². The van der Waals surface area contributed by atoms with Gasteiger partial charge in [0.2, 0.25) is 0 Å².